The first-order chi connectivity index (χ1) is 59.8. The number of pyridine rings is 3. The molecule has 0 amide bonds. The van der Waals surface area contributed by atoms with Crippen molar-refractivity contribution in [2.24, 2.45) is 0 Å². The van der Waals surface area contributed by atoms with E-state index < -0.39 is 0 Å². The number of fused-ring (bicyclic) bond motifs is 8. The van der Waals surface area contributed by atoms with Crippen LogP contribution in [0, 0.1) is 323 Å². The predicted molar refractivity (Wildman–Crippen MR) is 552 cm³/mol. The van der Waals surface area contributed by atoms with E-state index in [4.69, 9.17) is 34.9 Å². The fourth-order valence-electron chi connectivity index (χ4n) is 19.6. The van der Waals surface area contributed by atoms with E-state index in [1.165, 1.54) is 250 Å². The van der Waals surface area contributed by atoms with Crippen molar-refractivity contribution in [1.82, 2.24) is 34.9 Å². The molecule has 7 nitrogen and oxygen atoms in total. The third kappa shape index (κ3) is 17.7. The molecule has 0 spiro atoms. The van der Waals surface area contributed by atoms with Gasteiger partial charge in [-0.25, -0.2) is 9.97 Å². The third-order valence-corrected chi connectivity index (χ3v) is 32.4. The maximum absolute atomic E-state index is 5.76. The fourth-order valence-corrected chi connectivity index (χ4v) is 19.6. The molecule has 9 heteroatoms. The summed E-state index contributed by atoms with van der Waals surface area (Å²) < 4.78 is 0. The van der Waals surface area contributed by atoms with Crippen LogP contribution < -0.4 is 9.97 Å². The molecule has 0 saturated carbocycles. The molecule has 0 saturated heterocycles. The molecule has 0 radical (unpaired) electrons. The summed E-state index contributed by atoms with van der Waals surface area (Å²) in [7, 11) is 0. The minimum atomic E-state index is 0. The molecular weight excluding hydrogens is 1940 g/mol. The van der Waals surface area contributed by atoms with Gasteiger partial charge in [0.1, 0.15) is 0 Å². The zero-order valence-corrected chi connectivity index (χ0v) is 91.6. The Balaban J connectivity index is 0.000000227. The zero-order chi connectivity index (χ0) is 94.8. The van der Waals surface area contributed by atoms with Crippen LogP contribution >= 0.6 is 0 Å². The van der Waals surface area contributed by atoms with Crippen molar-refractivity contribution in [3.8, 4) is 78.3 Å². The Bertz CT molecular complexity index is 6100. The van der Waals surface area contributed by atoms with Crippen LogP contribution in [0.3, 0.4) is 0 Å². The van der Waals surface area contributed by atoms with Gasteiger partial charge >= 0.3 is 41.2 Å². The van der Waals surface area contributed by atoms with Gasteiger partial charge in [-0.2, -0.15) is 0 Å². The van der Waals surface area contributed by atoms with E-state index in [2.05, 4.69) is 371 Å². The molecule has 8 heterocycles. The average molecular weight is 2080 g/mol. The van der Waals surface area contributed by atoms with Gasteiger partial charge in [0.2, 0.25) is 0 Å². The van der Waals surface area contributed by atoms with Gasteiger partial charge < -0.3 is 24.9 Å². The molecular formula is C121H140IrN7Pt. The van der Waals surface area contributed by atoms with Crippen molar-refractivity contribution in [3.05, 3.63) is 310 Å². The van der Waals surface area contributed by atoms with Gasteiger partial charge in [-0.3, -0.25) is 0 Å². The second kappa shape index (κ2) is 39.0. The fraction of sp³-hybridized carbons (Fsp3) is 0.364. The Morgan fingerprint density at radius 1 is 0.169 bits per heavy atom. The summed E-state index contributed by atoms with van der Waals surface area (Å²) in [6.45, 7) is 97.1. The van der Waals surface area contributed by atoms with Crippen molar-refractivity contribution in [2.45, 2.75) is 305 Å². The van der Waals surface area contributed by atoms with Gasteiger partial charge in [0, 0.05) is 17.1 Å². The van der Waals surface area contributed by atoms with Gasteiger partial charge in [-0.1, -0.05) is 141 Å². The van der Waals surface area contributed by atoms with Crippen LogP contribution in [0.5, 0.6) is 0 Å². The number of aryl methyl sites for hydroxylation is 6. The van der Waals surface area contributed by atoms with Crippen molar-refractivity contribution in [2.75, 3.05) is 0 Å². The Morgan fingerprint density at radius 2 is 0.323 bits per heavy atom. The molecule has 8 bridgehead atoms. The number of aromatic nitrogens is 7. The molecule has 2 aliphatic rings. The molecule has 6 aromatic heterocycles. The summed E-state index contributed by atoms with van der Waals surface area (Å²) in [5.74, 6) is 0. The van der Waals surface area contributed by atoms with E-state index in [0.29, 0.717) is 0 Å². The third-order valence-electron chi connectivity index (χ3n) is 32.4. The molecule has 0 aliphatic carbocycles. The summed E-state index contributed by atoms with van der Waals surface area (Å²) in [6, 6.07) is 19.6. The molecule has 7 aromatic carbocycles. The summed E-state index contributed by atoms with van der Waals surface area (Å²) in [4.78, 5) is 37.6. The molecule has 0 atom stereocenters. The summed E-state index contributed by atoms with van der Waals surface area (Å²) in [5, 5.41) is 0. The average Bonchev–Trinajstić information content (AvgIpc) is 1.60. The van der Waals surface area contributed by atoms with Gasteiger partial charge in [0.15, 0.2) is 0 Å². The van der Waals surface area contributed by atoms with Crippen LogP contribution in [0.4, 0.5) is 0 Å². The van der Waals surface area contributed by atoms with Crippen LogP contribution in [0.1, 0.15) is 268 Å². The molecule has 130 heavy (non-hydrogen) atoms. The maximum Gasteiger partial charge on any atom is 3.00 e. The molecule has 0 N–H and O–H groups in total. The summed E-state index contributed by atoms with van der Waals surface area (Å²) in [5.41, 5.74) is 79.4. The predicted octanol–water partition coefficient (Wildman–Crippen LogP) is 31.8. The van der Waals surface area contributed by atoms with Crippen LogP contribution in [-0.4, -0.2) is 24.9 Å². The SMILES string of the molecule is Cc1[c-]c(-c2nc(C)c(C)c(C)c2C)c(C)c(C)c1C.Cc1[c-]c(-c2nc(C)c(C)c(C)c2C)c(C)c(C)c1C.Cc1[c-]c(-c2nc(C)c(C)c(C)c2C)c(C)c(C)c1C.Cc1c(C)c(C)c(-c2c3nc(c(-c4c(C)c(C)c(C)c(C)c4C)c4ccc([n-]4)c(-c4c(C)c(C)c(C)c(C)c4C)c4nc(c(-c5c(C)c(C)c(C)c(C)c5C)c5ccc2[n-]5)C=C4)C=C3)c(C)c1C.[Ir+3].[Pt+2]. The number of hydrogen-bond donors (Lipinski definition) is 0. The minimum Gasteiger partial charge on any atom is -0.657 e. The van der Waals surface area contributed by atoms with Crippen molar-refractivity contribution in [3.63, 3.8) is 0 Å². The first-order valence-electron chi connectivity index (χ1n) is 46.0. The Labute approximate surface area is 809 Å². The van der Waals surface area contributed by atoms with Crippen LogP contribution in [-0.2, 0) is 41.2 Å². The number of benzene rings is 7. The standard InChI is InChI=1S/C64H68N4.3C19H24N.Ir.Pt/c1-29-33(5)41(13)57(42(14)34(29)6)61-49-21-23-51(65-49)62(58-43(15)35(7)30(2)36(8)44(58)16)53-25-27-55(67-53)64(60-47(19)39(11)32(4)40(12)48(60)20)56-28-26-54(68-56)63(52-24-22-50(61)66-52)59-45(17)37(9)31(3)38(10)46(59)18;3*1-10-9-18(15(6)12(3)11(10)2)19-16(7)13(4)14(5)17(8)20-19;;/h21-28H,1-20H3;3*1-8H3;;/q-2;3*-1;+3;+2. The molecule has 13 aromatic rings. The number of rotatable bonds is 7. The molecule has 0 fully saturated rings. The first kappa shape index (κ1) is 102. The second-order valence-electron chi connectivity index (χ2n) is 38.1. The first-order valence-corrected chi connectivity index (χ1v) is 46.0. The van der Waals surface area contributed by atoms with Crippen LogP contribution in [0.15, 0.2) is 24.3 Å². The Morgan fingerprint density at radius 3 is 0.500 bits per heavy atom. The molecule has 0 unspecified atom stereocenters. The van der Waals surface area contributed by atoms with Gasteiger partial charge in [-0.15, -0.1) is 124 Å². The second-order valence-corrected chi connectivity index (χ2v) is 38.1. The van der Waals surface area contributed by atoms with E-state index in [1.54, 1.807) is 0 Å². The Hall–Kier alpha value is -10.1. The molecule has 15 rings (SSSR count). The van der Waals surface area contributed by atoms with E-state index in [1.807, 2.05) is 0 Å². The normalized spacial score (nSPS) is 11.5. The number of hydrogen-bond acceptors (Lipinski definition) is 5. The van der Waals surface area contributed by atoms with Crippen molar-refractivity contribution in [1.29, 1.82) is 0 Å². The monoisotopic (exact) mass is 2080 g/mol. The van der Waals surface area contributed by atoms with Crippen LogP contribution in [0.2, 0.25) is 0 Å². The largest absolute Gasteiger partial charge is 3.00 e. The quantitative estimate of drug-likeness (QED) is 0.147. The van der Waals surface area contributed by atoms with Gasteiger partial charge in [0.25, 0.3) is 0 Å². The van der Waals surface area contributed by atoms with Gasteiger partial charge in [-0.05, 0) is 435 Å². The van der Waals surface area contributed by atoms with E-state index in [-0.39, 0.29) is 41.2 Å². The molecule has 678 valence electrons. The summed E-state index contributed by atoms with van der Waals surface area (Å²) >= 11 is 0. The van der Waals surface area contributed by atoms with Crippen molar-refractivity contribution < 1.29 is 41.2 Å². The topological polar surface area (TPSA) is 92.7 Å². The Kier molecular flexibility index (Phi) is 30.6. The zero-order valence-electron chi connectivity index (χ0n) is 86.9. The van der Waals surface area contributed by atoms with E-state index >= 15 is 0 Å². The van der Waals surface area contributed by atoms with Crippen LogP contribution in [0.25, 0.3) is 125 Å². The maximum atomic E-state index is 5.76. The van der Waals surface area contributed by atoms with E-state index in [0.717, 1.165) is 118 Å². The van der Waals surface area contributed by atoms with E-state index in [9.17, 15) is 0 Å². The summed E-state index contributed by atoms with van der Waals surface area (Å²) in [6.07, 6.45) is 8.89. The van der Waals surface area contributed by atoms with Crippen molar-refractivity contribution >= 4 is 46.4 Å². The smallest absolute Gasteiger partial charge is 0.657 e. The molecule has 2 aliphatic heterocycles. The number of nitrogens with zero attached hydrogens (tertiary/aromatic N) is 7. The van der Waals surface area contributed by atoms with Gasteiger partial charge in [0.05, 0.1) is 22.8 Å². The minimum absolute atomic E-state index is 0.